The number of hydrogen-bond acceptors (Lipinski definition) is 6. The number of anilines is 2. The highest BCUT2D eigenvalue weighted by atomic mass is 32.2. The SMILES string of the molecule is CC(Sc1cccc(NC(=O)/C(=C\c2ccc(-c3ccccc3)cc2)NC(=O)c2ccccc2)c1)C(=O)Nc1sc2c(c1C#N)CCC(c1ccccc1)C2. The van der Waals surface area contributed by atoms with Crippen LogP contribution in [0.3, 0.4) is 0 Å². The van der Waals surface area contributed by atoms with Gasteiger partial charge in [-0.1, -0.05) is 109 Å². The Morgan fingerprint density at radius 3 is 2.20 bits per heavy atom. The van der Waals surface area contributed by atoms with E-state index in [2.05, 4.69) is 46.3 Å². The maximum absolute atomic E-state index is 13.8. The van der Waals surface area contributed by atoms with Gasteiger partial charge in [-0.2, -0.15) is 5.26 Å². The molecule has 1 aliphatic rings. The van der Waals surface area contributed by atoms with Crippen LogP contribution in [0.4, 0.5) is 10.7 Å². The number of rotatable bonds is 11. The molecular weight excluding hydrogens is 721 g/mol. The average molecular weight is 759 g/mol. The summed E-state index contributed by atoms with van der Waals surface area (Å²) in [5, 5.41) is 18.9. The van der Waals surface area contributed by atoms with Crippen LogP contribution in [0.2, 0.25) is 0 Å². The second-order valence-corrected chi connectivity index (χ2v) is 15.8. The number of amides is 3. The predicted octanol–water partition coefficient (Wildman–Crippen LogP) is 10.1. The number of carbonyl (C=O) groups is 3. The van der Waals surface area contributed by atoms with Crippen LogP contribution in [0, 0.1) is 11.3 Å². The molecule has 2 unspecified atom stereocenters. The van der Waals surface area contributed by atoms with E-state index in [1.807, 2.05) is 79.7 Å². The monoisotopic (exact) mass is 758 g/mol. The normalized spacial score (nSPS) is 14.2. The number of benzene rings is 5. The van der Waals surface area contributed by atoms with E-state index in [9.17, 15) is 19.6 Å². The highest BCUT2D eigenvalue weighted by Gasteiger charge is 2.28. The van der Waals surface area contributed by atoms with Crippen LogP contribution in [0.25, 0.3) is 17.2 Å². The first-order valence-electron chi connectivity index (χ1n) is 18.1. The summed E-state index contributed by atoms with van der Waals surface area (Å²) >= 11 is 2.86. The zero-order chi connectivity index (χ0) is 38.1. The molecule has 0 bridgehead atoms. The van der Waals surface area contributed by atoms with Crippen LogP contribution >= 0.6 is 23.1 Å². The van der Waals surface area contributed by atoms with Crippen LogP contribution < -0.4 is 16.0 Å². The fraction of sp³-hybridized carbons (Fsp3) is 0.130. The summed E-state index contributed by atoms with van der Waals surface area (Å²) < 4.78 is 0. The van der Waals surface area contributed by atoms with Gasteiger partial charge in [0.2, 0.25) is 5.91 Å². The summed E-state index contributed by atoms with van der Waals surface area (Å²) in [5.74, 6) is -0.720. The lowest BCUT2D eigenvalue weighted by Crippen LogP contribution is -2.30. The van der Waals surface area contributed by atoms with Crippen molar-refractivity contribution in [2.24, 2.45) is 0 Å². The van der Waals surface area contributed by atoms with Gasteiger partial charge in [-0.25, -0.2) is 0 Å². The minimum absolute atomic E-state index is 0.0779. The van der Waals surface area contributed by atoms with Crippen molar-refractivity contribution in [3.63, 3.8) is 0 Å². The minimum Gasteiger partial charge on any atom is -0.321 e. The molecule has 1 aromatic heterocycles. The predicted molar refractivity (Wildman–Crippen MR) is 223 cm³/mol. The molecule has 3 N–H and O–H groups in total. The molecule has 0 radical (unpaired) electrons. The van der Waals surface area contributed by atoms with Gasteiger partial charge in [0.15, 0.2) is 0 Å². The smallest absolute Gasteiger partial charge is 0.272 e. The maximum atomic E-state index is 13.8. The number of fused-ring (bicyclic) bond motifs is 1. The number of hydrogen-bond donors (Lipinski definition) is 3. The van der Waals surface area contributed by atoms with Gasteiger partial charge in [-0.3, -0.25) is 14.4 Å². The summed E-state index contributed by atoms with van der Waals surface area (Å²) in [7, 11) is 0. The van der Waals surface area contributed by atoms with Gasteiger partial charge in [-0.05, 0) is 96.3 Å². The van der Waals surface area contributed by atoms with Crippen LogP contribution in [-0.4, -0.2) is 23.0 Å². The fourth-order valence-corrected chi connectivity index (χ4v) is 8.84. The van der Waals surface area contributed by atoms with Crippen molar-refractivity contribution in [3.8, 4) is 17.2 Å². The molecular formula is C46H38N4O3S2. The van der Waals surface area contributed by atoms with Crippen LogP contribution in [0.15, 0.2) is 150 Å². The number of nitrogens with one attached hydrogen (secondary N) is 3. The molecule has 7 nitrogen and oxygen atoms in total. The third kappa shape index (κ3) is 9.13. The van der Waals surface area contributed by atoms with E-state index in [0.717, 1.165) is 51.3 Å². The van der Waals surface area contributed by atoms with Crippen molar-refractivity contribution >= 4 is 57.6 Å². The molecule has 0 saturated heterocycles. The van der Waals surface area contributed by atoms with Crippen LogP contribution in [0.5, 0.6) is 0 Å². The lowest BCUT2D eigenvalue weighted by molar-refractivity contribution is -0.115. The maximum Gasteiger partial charge on any atom is 0.272 e. The standard InChI is InChI=1S/C46H38N4O3S2/c1-30(43(51)50-46-40(29-47)39-25-24-36(27-42(39)55-46)33-14-7-3-8-15-33)54-38-19-11-18-37(28-38)48-45(53)41(49-44(52)35-16-9-4-10-17-35)26-31-20-22-34(23-21-31)32-12-5-2-6-13-32/h2-23,26,28,30,36H,24-25,27H2,1H3,(H,48,53)(H,49,52)(H,50,51)/b41-26+. The largest absolute Gasteiger partial charge is 0.321 e. The molecule has 55 heavy (non-hydrogen) atoms. The summed E-state index contributed by atoms with van der Waals surface area (Å²) in [6.45, 7) is 1.82. The lowest BCUT2D eigenvalue weighted by Gasteiger charge is -2.22. The molecule has 5 aromatic carbocycles. The Labute approximate surface area is 329 Å². The summed E-state index contributed by atoms with van der Waals surface area (Å²) in [5.41, 5.74) is 6.78. The van der Waals surface area contributed by atoms with E-state index in [1.165, 1.54) is 28.7 Å². The number of thiophene rings is 1. The second-order valence-electron chi connectivity index (χ2n) is 13.3. The van der Waals surface area contributed by atoms with E-state index < -0.39 is 17.1 Å². The van der Waals surface area contributed by atoms with E-state index in [0.29, 0.717) is 27.7 Å². The Bertz CT molecular complexity index is 2390. The molecule has 0 fully saturated rings. The van der Waals surface area contributed by atoms with Gasteiger partial charge < -0.3 is 16.0 Å². The molecule has 3 amide bonds. The molecule has 2 atom stereocenters. The third-order valence-corrected chi connectivity index (χ3v) is 11.8. The zero-order valence-electron chi connectivity index (χ0n) is 30.1. The summed E-state index contributed by atoms with van der Waals surface area (Å²) in [6, 6.07) is 46.5. The Balaban J connectivity index is 1.03. The van der Waals surface area contributed by atoms with E-state index in [1.54, 1.807) is 48.5 Å². The van der Waals surface area contributed by atoms with Gasteiger partial charge in [-0.15, -0.1) is 23.1 Å². The summed E-state index contributed by atoms with van der Waals surface area (Å²) in [4.78, 5) is 42.4. The Morgan fingerprint density at radius 2 is 1.49 bits per heavy atom. The third-order valence-electron chi connectivity index (χ3n) is 9.52. The molecule has 7 rings (SSSR count). The molecule has 9 heteroatoms. The first-order chi connectivity index (χ1) is 26.8. The molecule has 6 aromatic rings. The molecule has 1 heterocycles. The highest BCUT2D eigenvalue weighted by molar-refractivity contribution is 8.00. The van der Waals surface area contributed by atoms with Crippen LogP contribution in [0.1, 0.15) is 56.8 Å². The first-order valence-corrected chi connectivity index (χ1v) is 19.8. The number of carbonyl (C=O) groups excluding carboxylic acids is 3. The number of nitrogens with zero attached hydrogens (tertiary/aromatic N) is 1. The molecule has 0 saturated carbocycles. The fourth-order valence-electron chi connectivity index (χ4n) is 6.63. The lowest BCUT2D eigenvalue weighted by atomic mass is 9.83. The average Bonchev–Trinajstić information content (AvgIpc) is 3.57. The molecule has 0 aliphatic heterocycles. The van der Waals surface area contributed by atoms with Gasteiger partial charge in [0.25, 0.3) is 11.8 Å². The van der Waals surface area contributed by atoms with E-state index in [-0.39, 0.29) is 11.6 Å². The van der Waals surface area contributed by atoms with Gasteiger partial charge >= 0.3 is 0 Å². The molecule has 0 spiro atoms. The number of nitriles is 1. The molecule has 272 valence electrons. The topological polar surface area (TPSA) is 111 Å². The highest BCUT2D eigenvalue weighted by Crippen LogP contribution is 2.42. The second kappa shape index (κ2) is 17.3. The van der Waals surface area contributed by atoms with Crippen molar-refractivity contribution in [1.29, 1.82) is 5.26 Å². The van der Waals surface area contributed by atoms with Crippen molar-refractivity contribution in [2.75, 3.05) is 10.6 Å². The minimum atomic E-state index is -0.496. The number of thioether (sulfide) groups is 1. The Kier molecular flexibility index (Phi) is 11.7. The van der Waals surface area contributed by atoms with Crippen molar-refractivity contribution in [3.05, 3.63) is 178 Å². The van der Waals surface area contributed by atoms with Crippen molar-refractivity contribution < 1.29 is 14.4 Å². The van der Waals surface area contributed by atoms with Crippen LogP contribution in [-0.2, 0) is 22.4 Å². The van der Waals surface area contributed by atoms with E-state index in [4.69, 9.17) is 0 Å². The Morgan fingerprint density at radius 1 is 0.818 bits per heavy atom. The van der Waals surface area contributed by atoms with Gasteiger partial charge in [0, 0.05) is 21.0 Å². The molecule has 1 aliphatic carbocycles. The Hall–Kier alpha value is -6.21. The summed E-state index contributed by atoms with van der Waals surface area (Å²) in [6.07, 6.45) is 4.27. The van der Waals surface area contributed by atoms with Gasteiger partial charge in [0.1, 0.15) is 16.8 Å². The first kappa shape index (κ1) is 37.1. The van der Waals surface area contributed by atoms with E-state index >= 15 is 0 Å². The van der Waals surface area contributed by atoms with Crippen molar-refractivity contribution in [2.45, 2.75) is 42.2 Å². The van der Waals surface area contributed by atoms with Gasteiger partial charge in [0.05, 0.1) is 10.8 Å². The quantitative estimate of drug-likeness (QED) is 0.0900. The van der Waals surface area contributed by atoms with Crippen molar-refractivity contribution in [1.82, 2.24) is 5.32 Å². The zero-order valence-corrected chi connectivity index (χ0v) is 31.8.